The number of hydrogen-bond donors (Lipinski definition) is 1. The summed E-state index contributed by atoms with van der Waals surface area (Å²) in [6, 6.07) is 19.0. The largest absolute Gasteiger partial charge is 0.480 e. The van der Waals surface area contributed by atoms with E-state index < -0.39 is 12.2 Å². The molecule has 1 unspecified atom stereocenters. The fourth-order valence-corrected chi connectivity index (χ4v) is 2.14. The predicted octanol–water partition coefficient (Wildman–Crippen LogP) is 2.92. The van der Waals surface area contributed by atoms with Gasteiger partial charge in [-0.1, -0.05) is 48.5 Å². The van der Waals surface area contributed by atoms with Gasteiger partial charge in [0.1, 0.15) is 6.54 Å². The van der Waals surface area contributed by atoms with Gasteiger partial charge in [-0.15, -0.1) is 0 Å². The van der Waals surface area contributed by atoms with Crippen LogP contribution in [0.5, 0.6) is 0 Å². The molecule has 0 saturated heterocycles. The molecule has 0 radical (unpaired) electrons. The molecule has 0 aliphatic heterocycles. The lowest BCUT2D eigenvalue weighted by Gasteiger charge is -2.31. The van der Waals surface area contributed by atoms with E-state index in [-0.39, 0.29) is 6.54 Å². The Morgan fingerprint density at radius 1 is 1.10 bits per heavy atom. The lowest BCUT2D eigenvalue weighted by molar-refractivity contribution is -0.135. The van der Waals surface area contributed by atoms with Gasteiger partial charge in [0.2, 0.25) is 0 Å². The second-order valence-electron chi connectivity index (χ2n) is 4.36. The summed E-state index contributed by atoms with van der Waals surface area (Å²) < 4.78 is 5.52. The Morgan fingerprint density at radius 3 is 2.15 bits per heavy atom. The second-order valence-corrected chi connectivity index (χ2v) is 4.36. The molecule has 0 aliphatic rings. The molecule has 0 heterocycles. The van der Waals surface area contributed by atoms with Crippen LogP contribution in [0.2, 0.25) is 0 Å². The van der Waals surface area contributed by atoms with Crippen molar-refractivity contribution in [2.75, 3.05) is 18.6 Å². The first-order valence-corrected chi connectivity index (χ1v) is 6.33. The fourth-order valence-electron chi connectivity index (χ4n) is 2.14. The minimum atomic E-state index is -0.896. The van der Waals surface area contributed by atoms with Gasteiger partial charge >= 0.3 is 5.97 Å². The number of rotatable bonds is 6. The van der Waals surface area contributed by atoms with Crippen molar-refractivity contribution in [1.82, 2.24) is 0 Å². The van der Waals surface area contributed by atoms with Crippen molar-refractivity contribution in [2.45, 2.75) is 6.23 Å². The van der Waals surface area contributed by atoms with E-state index in [2.05, 4.69) is 0 Å². The third kappa shape index (κ3) is 3.36. The smallest absolute Gasteiger partial charge is 0.323 e. The van der Waals surface area contributed by atoms with Crippen molar-refractivity contribution < 1.29 is 14.6 Å². The molecule has 0 saturated carbocycles. The van der Waals surface area contributed by atoms with E-state index in [4.69, 9.17) is 9.84 Å². The molecule has 4 heteroatoms. The number of nitrogens with zero attached hydrogens (tertiary/aromatic N) is 1. The fraction of sp³-hybridized carbons (Fsp3) is 0.188. The van der Waals surface area contributed by atoms with Crippen LogP contribution in [0.4, 0.5) is 5.69 Å². The topological polar surface area (TPSA) is 49.8 Å². The maximum Gasteiger partial charge on any atom is 0.323 e. The molecule has 0 aromatic heterocycles. The second kappa shape index (κ2) is 6.73. The van der Waals surface area contributed by atoms with Gasteiger partial charge < -0.3 is 14.7 Å². The number of carboxylic acid groups (broad SMARTS) is 1. The quantitative estimate of drug-likeness (QED) is 0.821. The lowest BCUT2D eigenvalue weighted by Crippen LogP contribution is -2.34. The van der Waals surface area contributed by atoms with E-state index in [0.29, 0.717) is 0 Å². The van der Waals surface area contributed by atoms with E-state index in [1.807, 2.05) is 60.7 Å². The average Bonchev–Trinajstić information content (AvgIpc) is 2.49. The number of aliphatic carboxylic acids is 1. The monoisotopic (exact) mass is 271 g/mol. The predicted molar refractivity (Wildman–Crippen MR) is 77.6 cm³/mol. The van der Waals surface area contributed by atoms with Crippen molar-refractivity contribution in [1.29, 1.82) is 0 Å². The average molecular weight is 271 g/mol. The highest BCUT2D eigenvalue weighted by Gasteiger charge is 2.22. The Hall–Kier alpha value is -2.33. The zero-order valence-electron chi connectivity index (χ0n) is 11.3. The van der Waals surface area contributed by atoms with E-state index in [1.165, 1.54) is 0 Å². The van der Waals surface area contributed by atoms with Crippen molar-refractivity contribution in [3.8, 4) is 0 Å². The third-order valence-electron chi connectivity index (χ3n) is 2.98. The number of methoxy groups -OCH3 is 1. The standard InChI is InChI=1S/C16H17NO3/c1-20-16(13-8-4-2-5-9-13)17(12-15(18)19)14-10-6-3-7-11-14/h2-11,16H,12H2,1H3,(H,18,19). The Kier molecular flexibility index (Phi) is 4.74. The van der Waals surface area contributed by atoms with Crippen LogP contribution in [0.25, 0.3) is 0 Å². The van der Waals surface area contributed by atoms with Crippen molar-refractivity contribution in [3.63, 3.8) is 0 Å². The normalized spacial score (nSPS) is 11.8. The molecular formula is C16H17NO3. The highest BCUT2D eigenvalue weighted by molar-refractivity contribution is 5.74. The van der Waals surface area contributed by atoms with Crippen LogP contribution >= 0.6 is 0 Å². The molecule has 2 rings (SSSR count). The molecule has 0 amide bonds. The lowest BCUT2D eigenvalue weighted by atomic mass is 10.1. The van der Waals surface area contributed by atoms with Crippen molar-refractivity contribution in [2.24, 2.45) is 0 Å². The zero-order valence-corrected chi connectivity index (χ0v) is 11.3. The summed E-state index contributed by atoms with van der Waals surface area (Å²) in [6.07, 6.45) is -0.435. The minimum absolute atomic E-state index is 0.128. The van der Waals surface area contributed by atoms with Gasteiger partial charge in [-0.25, -0.2) is 0 Å². The summed E-state index contributed by atoms with van der Waals surface area (Å²) >= 11 is 0. The van der Waals surface area contributed by atoms with E-state index in [0.717, 1.165) is 11.3 Å². The molecule has 0 bridgehead atoms. The maximum atomic E-state index is 11.1. The summed E-state index contributed by atoms with van der Waals surface area (Å²) in [4.78, 5) is 12.9. The molecular weight excluding hydrogens is 254 g/mol. The van der Waals surface area contributed by atoms with Gasteiger partial charge in [0.05, 0.1) is 0 Å². The minimum Gasteiger partial charge on any atom is -0.480 e. The maximum absolute atomic E-state index is 11.1. The first kappa shape index (κ1) is 14.1. The molecule has 2 aromatic rings. The summed E-state index contributed by atoms with van der Waals surface area (Å²) in [7, 11) is 1.58. The molecule has 104 valence electrons. The number of ether oxygens (including phenoxy) is 1. The van der Waals surface area contributed by atoms with Gasteiger partial charge in [-0.3, -0.25) is 4.79 Å². The number of anilines is 1. The van der Waals surface area contributed by atoms with E-state index in [1.54, 1.807) is 12.0 Å². The number of benzene rings is 2. The van der Waals surface area contributed by atoms with Crippen LogP contribution in [-0.4, -0.2) is 24.7 Å². The van der Waals surface area contributed by atoms with Crippen LogP contribution in [0.15, 0.2) is 60.7 Å². The summed E-state index contributed by atoms with van der Waals surface area (Å²) in [5.74, 6) is -0.896. The Labute approximate surface area is 118 Å². The first-order valence-electron chi connectivity index (χ1n) is 6.33. The highest BCUT2D eigenvalue weighted by Crippen LogP contribution is 2.27. The van der Waals surface area contributed by atoms with Gasteiger partial charge in [0.25, 0.3) is 0 Å². The molecule has 20 heavy (non-hydrogen) atoms. The highest BCUT2D eigenvalue weighted by atomic mass is 16.5. The van der Waals surface area contributed by atoms with Gasteiger partial charge in [-0.2, -0.15) is 0 Å². The van der Waals surface area contributed by atoms with Crippen LogP contribution in [0.1, 0.15) is 11.8 Å². The first-order chi connectivity index (χ1) is 9.72. The number of carboxylic acids is 1. The SMILES string of the molecule is COC(c1ccccc1)N(CC(=O)O)c1ccccc1. The van der Waals surface area contributed by atoms with Gasteiger partial charge in [-0.05, 0) is 12.1 Å². The molecule has 0 aliphatic carbocycles. The summed E-state index contributed by atoms with van der Waals surface area (Å²) in [5, 5.41) is 9.14. The van der Waals surface area contributed by atoms with Gasteiger partial charge in [0, 0.05) is 18.4 Å². The summed E-state index contributed by atoms with van der Waals surface area (Å²) in [5.41, 5.74) is 1.73. The number of carbonyl (C=O) groups is 1. The van der Waals surface area contributed by atoms with Crippen LogP contribution in [0.3, 0.4) is 0 Å². The molecule has 1 N–H and O–H groups in total. The number of para-hydroxylation sites is 1. The summed E-state index contributed by atoms with van der Waals surface area (Å²) in [6.45, 7) is -0.128. The molecule has 0 fully saturated rings. The van der Waals surface area contributed by atoms with E-state index >= 15 is 0 Å². The van der Waals surface area contributed by atoms with Crippen LogP contribution in [-0.2, 0) is 9.53 Å². The Morgan fingerprint density at radius 2 is 1.65 bits per heavy atom. The van der Waals surface area contributed by atoms with Crippen molar-refractivity contribution in [3.05, 3.63) is 66.2 Å². The van der Waals surface area contributed by atoms with E-state index in [9.17, 15) is 4.79 Å². The Balaban J connectivity index is 2.36. The molecule has 2 aromatic carbocycles. The molecule has 4 nitrogen and oxygen atoms in total. The van der Waals surface area contributed by atoms with Gasteiger partial charge in [0.15, 0.2) is 6.23 Å². The molecule has 1 atom stereocenters. The zero-order chi connectivity index (χ0) is 14.4. The Bertz CT molecular complexity index is 542. The number of hydrogen-bond acceptors (Lipinski definition) is 3. The molecule has 0 spiro atoms. The van der Waals surface area contributed by atoms with Crippen LogP contribution in [0, 0.1) is 0 Å². The third-order valence-corrected chi connectivity index (χ3v) is 2.98. The van der Waals surface area contributed by atoms with Crippen molar-refractivity contribution >= 4 is 11.7 Å². The van der Waals surface area contributed by atoms with Crippen LogP contribution < -0.4 is 4.90 Å².